The normalized spacial score (nSPS) is 10.6. The highest BCUT2D eigenvalue weighted by molar-refractivity contribution is 6.31. The Morgan fingerprint density at radius 2 is 1.89 bits per heavy atom. The molecule has 0 unspecified atom stereocenters. The number of hydrogen-bond donors (Lipinski definition) is 1. The Hall–Kier alpha value is -2.90. The minimum absolute atomic E-state index is 0.105. The van der Waals surface area contributed by atoms with Gasteiger partial charge < -0.3 is 14.8 Å². The number of anilines is 1. The second-order valence-corrected chi connectivity index (χ2v) is 6.08. The highest BCUT2D eigenvalue weighted by Crippen LogP contribution is 2.22. The monoisotopic (exact) mass is 386 g/mol. The van der Waals surface area contributed by atoms with Gasteiger partial charge in [0.25, 0.3) is 5.91 Å². The third kappa shape index (κ3) is 4.45. The zero-order valence-corrected chi connectivity index (χ0v) is 15.7. The molecule has 1 aromatic heterocycles. The first-order valence-electron chi connectivity index (χ1n) is 8.23. The highest BCUT2D eigenvalue weighted by atomic mass is 35.5. The van der Waals surface area contributed by atoms with Crippen LogP contribution in [-0.2, 0) is 11.3 Å². The summed E-state index contributed by atoms with van der Waals surface area (Å²) in [5.74, 6) is 1.14. The summed E-state index contributed by atoms with van der Waals surface area (Å²) in [6.45, 7) is 0.298. The van der Waals surface area contributed by atoms with Gasteiger partial charge >= 0.3 is 0 Å². The van der Waals surface area contributed by atoms with Gasteiger partial charge in [0.2, 0.25) is 5.95 Å². The van der Waals surface area contributed by atoms with E-state index in [1.54, 1.807) is 7.11 Å². The van der Waals surface area contributed by atoms with Crippen LogP contribution in [0.25, 0.3) is 11.4 Å². The maximum atomic E-state index is 12.3. The molecule has 7 nitrogen and oxygen atoms in total. The maximum Gasteiger partial charge on any atom is 0.276 e. The van der Waals surface area contributed by atoms with Crippen molar-refractivity contribution in [2.24, 2.45) is 0 Å². The van der Waals surface area contributed by atoms with E-state index in [2.05, 4.69) is 15.4 Å². The predicted octanol–water partition coefficient (Wildman–Crippen LogP) is 3.51. The van der Waals surface area contributed by atoms with Crippen molar-refractivity contribution >= 4 is 23.5 Å². The number of methoxy groups -OCH3 is 2. The van der Waals surface area contributed by atoms with Gasteiger partial charge in [0.15, 0.2) is 5.82 Å². The second-order valence-electron chi connectivity index (χ2n) is 5.67. The molecule has 1 N–H and O–H groups in total. The quantitative estimate of drug-likeness (QED) is 0.669. The van der Waals surface area contributed by atoms with Crippen molar-refractivity contribution in [2.75, 3.05) is 26.1 Å². The molecule has 3 rings (SSSR count). The van der Waals surface area contributed by atoms with Crippen molar-refractivity contribution in [1.29, 1.82) is 0 Å². The van der Waals surface area contributed by atoms with Crippen molar-refractivity contribution in [3.05, 3.63) is 59.1 Å². The molecule has 0 aliphatic carbocycles. The van der Waals surface area contributed by atoms with Crippen molar-refractivity contribution in [1.82, 2.24) is 14.8 Å². The number of carbonyl (C=O) groups excluding carboxylic acids is 1. The van der Waals surface area contributed by atoms with Crippen LogP contribution < -0.4 is 10.1 Å². The molecule has 0 aliphatic heterocycles. The summed E-state index contributed by atoms with van der Waals surface area (Å²) in [6.07, 6.45) is 0. The Labute approximate surface area is 161 Å². The van der Waals surface area contributed by atoms with E-state index in [0.29, 0.717) is 23.3 Å². The van der Waals surface area contributed by atoms with Crippen LogP contribution in [0.4, 0.5) is 5.95 Å². The topological polar surface area (TPSA) is 78.3 Å². The minimum atomic E-state index is -0.327. The molecule has 0 saturated heterocycles. The molecule has 0 fully saturated rings. The molecule has 0 radical (unpaired) electrons. The van der Waals surface area contributed by atoms with Gasteiger partial charge in [-0.25, -0.2) is 0 Å². The third-order valence-corrected chi connectivity index (χ3v) is 4.22. The van der Waals surface area contributed by atoms with E-state index in [9.17, 15) is 4.79 Å². The van der Waals surface area contributed by atoms with Crippen LogP contribution in [-0.4, -0.2) is 41.5 Å². The van der Waals surface area contributed by atoms with Crippen LogP contribution >= 0.6 is 11.6 Å². The van der Waals surface area contributed by atoms with Gasteiger partial charge in [0, 0.05) is 24.2 Å². The smallest absolute Gasteiger partial charge is 0.276 e. The summed E-state index contributed by atoms with van der Waals surface area (Å²) < 4.78 is 11.3. The molecular weight excluding hydrogens is 368 g/mol. The number of benzene rings is 2. The molecule has 0 aliphatic rings. The molecule has 3 aromatic rings. The van der Waals surface area contributed by atoms with Crippen molar-refractivity contribution in [2.45, 2.75) is 6.54 Å². The summed E-state index contributed by atoms with van der Waals surface area (Å²) >= 11 is 6.19. The lowest BCUT2D eigenvalue weighted by Crippen LogP contribution is -2.20. The van der Waals surface area contributed by atoms with Crippen LogP contribution in [0.5, 0.6) is 5.75 Å². The first-order valence-corrected chi connectivity index (χ1v) is 8.61. The molecule has 0 saturated carbocycles. The lowest BCUT2D eigenvalue weighted by atomic mass is 10.2. The standard InChI is InChI=1S/C19H19ClN4O3/c1-26-12-17(25)24-19(21-11-14-5-3-4-6-16(14)20)22-18(23-24)13-7-9-15(27-2)10-8-13/h3-10H,11-12H2,1-2H3,(H,21,22,23). The number of halogens is 1. The first kappa shape index (κ1) is 18.9. The average Bonchev–Trinajstić information content (AvgIpc) is 3.12. The Bertz CT molecular complexity index is 925. The fraction of sp³-hybridized carbons (Fsp3) is 0.211. The summed E-state index contributed by atoms with van der Waals surface area (Å²) in [7, 11) is 3.05. The minimum Gasteiger partial charge on any atom is -0.497 e. The number of aromatic nitrogens is 3. The fourth-order valence-corrected chi connectivity index (χ4v) is 2.67. The van der Waals surface area contributed by atoms with E-state index in [-0.39, 0.29) is 12.5 Å². The molecule has 1 heterocycles. The van der Waals surface area contributed by atoms with E-state index in [1.807, 2.05) is 48.5 Å². The molecular formula is C19H19ClN4O3. The largest absolute Gasteiger partial charge is 0.497 e. The SMILES string of the molecule is COCC(=O)n1nc(-c2ccc(OC)cc2)nc1NCc1ccccc1Cl. The zero-order chi connectivity index (χ0) is 19.2. The summed E-state index contributed by atoms with van der Waals surface area (Å²) in [4.78, 5) is 16.8. The van der Waals surface area contributed by atoms with E-state index in [0.717, 1.165) is 16.9 Å². The summed E-state index contributed by atoms with van der Waals surface area (Å²) in [5, 5.41) is 8.09. The number of hydrogen-bond acceptors (Lipinski definition) is 6. The fourth-order valence-electron chi connectivity index (χ4n) is 2.46. The predicted molar refractivity (Wildman–Crippen MR) is 103 cm³/mol. The van der Waals surface area contributed by atoms with E-state index < -0.39 is 0 Å². The van der Waals surface area contributed by atoms with Crippen LogP contribution in [0, 0.1) is 0 Å². The number of nitrogens with one attached hydrogen (secondary N) is 1. The van der Waals surface area contributed by atoms with E-state index in [1.165, 1.54) is 11.8 Å². The Morgan fingerprint density at radius 1 is 1.15 bits per heavy atom. The number of nitrogens with zero attached hydrogens (tertiary/aromatic N) is 3. The van der Waals surface area contributed by atoms with Crippen LogP contribution in [0.2, 0.25) is 5.02 Å². The molecule has 140 valence electrons. The lowest BCUT2D eigenvalue weighted by Gasteiger charge is -2.08. The van der Waals surface area contributed by atoms with Gasteiger partial charge in [-0.05, 0) is 35.9 Å². The number of carbonyl (C=O) groups is 1. The lowest BCUT2D eigenvalue weighted by molar-refractivity contribution is 0.0748. The Kier molecular flexibility index (Phi) is 6.05. The number of rotatable bonds is 7. The summed E-state index contributed by atoms with van der Waals surface area (Å²) in [6, 6.07) is 14.7. The van der Waals surface area contributed by atoms with Gasteiger partial charge in [-0.2, -0.15) is 9.67 Å². The van der Waals surface area contributed by atoms with Gasteiger partial charge in [0.1, 0.15) is 12.4 Å². The molecule has 0 atom stereocenters. The number of ether oxygens (including phenoxy) is 2. The third-order valence-electron chi connectivity index (χ3n) is 3.85. The van der Waals surface area contributed by atoms with Gasteiger partial charge in [-0.15, -0.1) is 5.10 Å². The zero-order valence-electron chi connectivity index (χ0n) is 15.0. The van der Waals surface area contributed by atoms with Crippen LogP contribution in [0.3, 0.4) is 0 Å². The first-order chi connectivity index (χ1) is 13.1. The Morgan fingerprint density at radius 3 is 2.56 bits per heavy atom. The van der Waals surface area contributed by atoms with Gasteiger partial charge in [-0.1, -0.05) is 29.8 Å². The van der Waals surface area contributed by atoms with Gasteiger partial charge in [0.05, 0.1) is 7.11 Å². The molecule has 0 spiro atoms. The molecule has 0 bridgehead atoms. The van der Waals surface area contributed by atoms with E-state index >= 15 is 0 Å². The highest BCUT2D eigenvalue weighted by Gasteiger charge is 2.17. The van der Waals surface area contributed by atoms with Crippen LogP contribution in [0.15, 0.2) is 48.5 Å². The molecule has 0 amide bonds. The molecule has 8 heteroatoms. The maximum absolute atomic E-state index is 12.3. The summed E-state index contributed by atoms with van der Waals surface area (Å²) in [5.41, 5.74) is 1.65. The molecule has 27 heavy (non-hydrogen) atoms. The van der Waals surface area contributed by atoms with Crippen molar-refractivity contribution in [3.63, 3.8) is 0 Å². The molecule has 2 aromatic carbocycles. The van der Waals surface area contributed by atoms with Crippen molar-refractivity contribution < 1.29 is 14.3 Å². The van der Waals surface area contributed by atoms with Crippen LogP contribution in [0.1, 0.15) is 10.4 Å². The van der Waals surface area contributed by atoms with E-state index in [4.69, 9.17) is 21.1 Å². The average molecular weight is 387 g/mol. The Balaban J connectivity index is 1.89. The second kappa shape index (κ2) is 8.66. The van der Waals surface area contributed by atoms with Crippen molar-refractivity contribution in [3.8, 4) is 17.1 Å². The van der Waals surface area contributed by atoms with Gasteiger partial charge in [-0.3, -0.25) is 4.79 Å².